The van der Waals surface area contributed by atoms with Crippen LogP contribution >= 0.6 is 11.3 Å². The second-order valence-corrected chi connectivity index (χ2v) is 5.24. The van der Waals surface area contributed by atoms with Crippen LogP contribution in [0.15, 0.2) is 24.5 Å². The number of hydrogen-bond donors (Lipinski definition) is 1. The van der Waals surface area contributed by atoms with Crippen LogP contribution < -0.4 is 5.32 Å². The Morgan fingerprint density at radius 2 is 2.25 bits per heavy atom. The first-order valence-corrected chi connectivity index (χ1v) is 6.74. The molecule has 0 aliphatic carbocycles. The van der Waals surface area contributed by atoms with Crippen LogP contribution in [0.4, 0.5) is 13.9 Å². The van der Waals surface area contributed by atoms with Gasteiger partial charge in [0.05, 0.1) is 18.4 Å². The molecule has 104 valence electrons. The normalized spacial score (nSPS) is 11.4. The lowest BCUT2D eigenvalue weighted by molar-refractivity contribution is 0.150. The highest BCUT2D eigenvalue weighted by Crippen LogP contribution is 2.25. The zero-order valence-corrected chi connectivity index (χ0v) is 11.4. The number of alkyl halides is 2. The molecule has 3 aromatic heterocycles. The Morgan fingerprint density at radius 3 is 3.00 bits per heavy atom. The van der Waals surface area contributed by atoms with E-state index in [1.165, 1.54) is 0 Å². The number of aryl methyl sites for hydroxylation is 1. The second-order valence-electron chi connectivity index (χ2n) is 4.23. The fourth-order valence-electron chi connectivity index (χ4n) is 1.89. The third-order valence-electron chi connectivity index (χ3n) is 2.86. The molecule has 0 radical (unpaired) electrons. The minimum absolute atomic E-state index is 0.276. The molecular weight excluding hydrogens is 284 g/mol. The monoisotopic (exact) mass is 295 g/mol. The van der Waals surface area contributed by atoms with Crippen LogP contribution in [0.3, 0.4) is 0 Å². The molecule has 1 N–H and O–H groups in total. The molecule has 3 heterocycles. The standard InChI is InChI=1S/C12H11F2N5S/c1-7-3-2-4-19-8(5-15-10(7)19)6-16-12-18-17-11(20-12)9(13)14/h2-5,9H,6H2,1H3,(H,16,18). The van der Waals surface area contributed by atoms with Crippen LogP contribution in [0.5, 0.6) is 0 Å². The molecule has 0 unspecified atom stereocenters. The molecule has 3 aromatic rings. The lowest BCUT2D eigenvalue weighted by Crippen LogP contribution is -2.02. The van der Waals surface area contributed by atoms with Gasteiger partial charge in [-0.25, -0.2) is 13.8 Å². The van der Waals surface area contributed by atoms with Crippen LogP contribution in [0, 0.1) is 6.92 Å². The molecule has 0 aliphatic rings. The highest BCUT2D eigenvalue weighted by molar-refractivity contribution is 7.15. The Balaban J connectivity index is 1.78. The van der Waals surface area contributed by atoms with Gasteiger partial charge in [0.25, 0.3) is 6.43 Å². The van der Waals surface area contributed by atoms with E-state index < -0.39 is 6.43 Å². The van der Waals surface area contributed by atoms with Gasteiger partial charge in [0.1, 0.15) is 5.65 Å². The van der Waals surface area contributed by atoms with Crippen molar-refractivity contribution >= 4 is 22.1 Å². The number of imidazole rings is 1. The van der Waals surface area contributed by atoms with Crippen LogP contribution in [0.2, 0.25) is 0 Å². The van der Waals surface area contributed by atoms with Gasteiger partial charge in [-0.05, 0) is 18.6 Å². The number of halogens is 2. The van der Waals surface area contributed by atoms with Gasteiger partial charge in [-0.15, -0.1) is 10.2 Å². The first kappa shape index (κ1) is 12.9. The highest BCUT2D eigenvalue weighted by Gasteiger charge is 2.14. The van der Waals surface area contributed by atoms with Gasteiger partial charge in [0, 0.05) is 6.20 Å². The Morgan fingerprint density at radius 1 is 1.40 bits per heavy atom. The van der Waals surface area contributed by atoms with E-state index in [2.05, 4.69) is 20.5 Å². The van der Waals surface area contributed by atoms with Crippen molar-refractivity contribution in [2.75, 3.05) is 5.32 Å². The minimum Gasteiger partial charge on any atom is -0.354 e. The molecule has 0 amide bonds. The minimum atomic E-state index is -2.58. The molecule has 0 fully saturated rings. The summed E-state index contributed by atoms with van der Waals surface area (Å²) >= 11 is 0.858. The van der Waals surface area contributed by atoms with E-state index in [9.17, 15) is 8.78 Å². The van der Waals surface area contributed by atoms with E-state index in [1.54, 1.807) is 6.20 Å². The van der Waals surface area contributed by atoms with Gasteiger partial charge in [0.2, 0.25) is 5.13 Å². The van der Waals surface area contributed by atoms with Crippen molar-refractivity contribution in [1.29, 1.82) is 0 Å². The third kappa shape index (κ3) is 2.34. The Labute approximate surface area is 117 Å². The molecule has 0 saturated carbocycles. The largest absolute Gasteiger partial charge is 0.354 e. The molecule has 0 aromatic carbocycles. The zero-order valence-electron chi connectivity index (χ0n) is 10.5. The van der Waals surface area contributed by atoms with Gasteiger partial charge in [-0.1, -0.05) is 17.4 Å². The predicted molar refractivity (Wildman–Crippen MR) is 72.1 cm³/mol. The van der Waals surface area contributed by atoms with E-state index in [1.807, 2.05) is 29.7 Å². The van der Waals surface area contributed by atoms with Crippen LogP contribution in [-0.2, 0) is 6.54 Å². The molecular formula is C12H11F2N5S. The van der Waals surface area contributed by atoms with Gasteiger partial charge in [0.15, 0.2) is 5.01 Å². The SMILES string of the molecule is Cc1cccn2c(CNc3nnc(C(F)F)s3)cnc12. The molecule has 0 atom stereocenters. The van der Waals surface area contributed by atoms with Crippen molar-refractivity contribution in [3.8, 4) is 0 Å². The number of hydrogen-bond acceptors (Lipinski definition) is 5. The Bertz CT molecular complexity index is 736. The molecule has 0 aliphatic heterocycles. The maximum Gasteiger partial charge on any atom is 0.291 e. The van der Waals surface area contributed by atoms with Crippen molar-refractivity contribution in [3.05, 3.63) is 40.8 Å². The molecule has 0 saturated heterocycles. The fourth-order valence-corrected chi connectivity index (χ4v) is 2.49. The summed E-state index contributed by atoms with van der Waals surface area (Å²) in [5.74, 6) is 0. The maximum atomic E-state index is 12.4. The van der Waals surface area contributed by atoms with E-state index in [-0.39, 0.29) is 5.01 Å². The number of rotatable bonds is 4. The first-order chi connectivity index (χ1) is 9.65. The van der Waals surface area contributed by atoms with Gasteiger partial charge < -0.3 is 9.72 Å². The molecule has 0 spiro atoms. The van der Waals surface area contributed by atoms with E-state index in [0.717, 1.165) is 28.2 Å². The number of fused-ring (bicyclic) bond motifs is 1. The zero-order chi connectivity index (χ0) is 14.1. The third-order valence-corrected chi connectivity index (χ3v) is 3.74. The topological polar surface area (TPSA) is 55.1 Å². The summed E-state index contributed by atoms with van der Waals surface area (Å²) < 4.78 is 26.8. The lowest BCUT2D eigenvalue weighted by atomic mass is 10.3. The van der Waals surface area contributed by atoms with Crippen LogP contribution in [0.1, 0.15) is 22.7 Å². The first-order valence-electron chi connectivity index (χ1n) is 5.92. The van der Waals surface area contributed by atoms with Crippen LogP contribution in [-0.4, -0.2) is 19.6 Å². The van der Waals surface area contributed by atoms with Gasteiger partial charge >= 0.3 is 0 Å². The van der Waals surface area contributed by atoms with E-state index in [0.29, 0.717) is 11.7 Å². The van der Waals surface area contributed by atoms with Gasteiger partial charge in [-0.2, -0.15) is 0 Å². The Kier molecular flexibility index (Phi) is 3.31. The maximum absolute atomic E-state index is 12.4. The number of pyridine rings is 1. The van der Waals surface area contributed by atoms with E-state index in [4.69, 9.17) is 0 Å². The summed E-state index contributed by atoms with van der Waals surface area (Å²) in [7, 11) is 0. The fraction of sp³-hybridized carbons (Fsp3) is 0.250. The Hall–Kier alpha value is -2.09. The average Bonchev–Trinajstić information content (AvgIpc) is 3.03. The predicted octanol–water partition coefficient (Wildman–Crippen LogP) is 3.04. The number of nitrogens with zero attached hydrogens (tertiary/aromatic N) is 4. The molecule has 3 rings (SSSR count). The quantitative estimate of drug-likeness (QED) is 0.804. The molecule has 8 heteroatoms. The summed E-state index contributed by atoms with van der Waals surface area (Å²) in [5, 5.41) is 10.2. The smallest absolute Gasteiger partial charge is 0.291 e. The molecule has 0 bridgehead atoms. The number of anilines is 1. The van der Waals surface area contributed by atoms with Crippen molar-refractivity contribution in [2.24, 2.45) is 0 Å². The van der Waals surface area contributed by atoms with Crippen molar-refractivity contribution < 1.29 is 8.78 Å². The van der Waals surface area contributed by atoms with E-state index >= 15 is 0 Å². The van der Waals surface area contributed by atoms with Crippen molar-refractivity contribution in [2.45, 2.75) is 19.9 Å². The number of aromatic nitrogens is 4. The average molecular weight is 295 g/mol. The summed E-state index contributed by atoms with van der Waals surface area (Å²) in [4.78, 5) is 4.33. The summed E-state index contributed by atoms with van der Waals surface area (Å²) in [6.45, 7) is 2.43. The summed E-state index contributed by atoms with van der Waals surface area (Å²) in [6, 6.07) is 3.92. The lowest BCUT2D eigenvalue weighted by Gasteiger charge is -2.03. The summed E-state index contributed by atoms with van der Waals surface area (Å²) in [6.07, 6.45) is 1.09. The highest BCUT2D eigenvalue weighted by atomic mass is 32.1. The van der Waals surface area contributed by atoms with Crippen LogP contribution in [0.25, 0.3) is 5.65 Å². The molecule has 5 nitrogen and oxygen atoms in total. The van der Waals surface area contributed by atoms with Crippen molar-refractivity contribution in [1.82, 2.24) is 19.6 Å². The molecule has 20 heavy (non-hydrogen) atoms. The second kappa shape index (κ2) is 5.12. The van der Waals surface area contributed by atoms with Crippen molar-refractivity contribution in [3.63, 3.8) is 0 Å². The summed E-state index contributed by atoms with van der Waals surface area (Å²) in [5.41, 5.74) is 2.89. The number of nitrogens with one attached hydrogen (secondary N) is 1. The van der Waals surface area contributed by atoms with Gasteiger partial charge in [-0.3, -0.25) is 0 Å².